The quantitative estimate of drug-likeness (QED) is 0.710. The highest BCUT2D eigenvalue weighted by molar-refractivity contribution is 5.98. The number of nitrogens with two attached hydrogens (primary N) is 1. The Kier molecular flexibility index (Phi) is 7.01. The molecule has 0 spiro atoms. The first-order valence-corrected chi connectivity index (χ1v) is 7.31. The summed E-state index contributed by atoms with van der Waals surface area (Å²) in [5, 5.41) is 5.61. The van der Waals surface area contributed by atoms with Crippen LogP contribution in [0.15, 0.2) is 18.2 Å². The Balaban J connectivity index is 2.80. The summed E-state index contributed by atoms with van der Waals surface area (Å²) in [5.74, 6) is -0.350. The first-order chi connectivity index (χ1) is 10.4. The topological polar surface area (TPSA) is 93.4 Å². The van der Waals surface area contributed by atoms with Crippen LogP contribution in [-0.2, 0) is 9.53 Å². The van der Waals surface area contributed by atoms with E-state index in [4.69, 9.17) is 10.5 Å². The Morgan fingerprint density at radius 2 is 2.00 bits per heavy atom. The third kappa shape index (κ3) is 5.46. The van der Waals surface area contributed by atoms with Gasteiger partial charge in [-0.25, -0.2) is 0 Å². The molecule has 0 radical (unpaired) electrons. The maximum atomic E-state index is 12.1. The maximum absolute atomic E-state index is 12.1. The van der Waals surface area contributed by atoms with Gasteiger partial charge in [0, 0.05) is 30.9 Å². The molecule has 0 aliphatic heterocycles. The molecule has 1 unspecified atom stereocenters. The Hall–Kier alpha value is -1.92. The second kappa shape index (κ2) is 8.51. The SMILES string of the molecule is COC(CN)CC(=O)Nc1ccc(C)c(C(=O)NC(C)C)c1. The lowest BCUT2D eigenvalue weighted by molar-refractivity contribution is -0.118. The first-order valence-electron chi connectivity index (χ1n) is 7.31. The number of ether oxygens (including phenoxy) is 1. The van der Waals surface area contributed by atoms with Crippen molar-refractivity contribution in [3.05, 3.63) is 29.3 Å². The van der Waals surface area contributed by atoms with E-state index in [1.807, 2.05) is 26.8 Å². The smallest absolute Gasteiger partial charge is 0.251 e. The fourth-order valence-electron chi connectivity index (χ4n) is 1.97. The highest BCUT2D eigenvalue weighted by Crippen LogP contribution is 2.16. The predicted molar refractivity (Wildman–Crippen MR) is 86.9 cm³/mol. The number of nitrogens with one attached hydrogen (secondary N) is 2. The molecule has 2 amide bonds. The molecule has 6 nitrogen and oxygen atoms in total. The molecular formula is C16H25N3O3. The number of benzene rings is 1. The number of methoxy groups -OCH3 is 1. The lowest BCUT2D eigenvalue weighted by Gasteiger charge is -2.14. The second-order valence-electron chi connectivity index (χ2n) is 5.50. The van der Waals surface area contributed by atoms with Gasteiger partial charge in [-0.15, -0.1) is 0 Å². The zero-order chi connectivity index (χ0) is 16.7. The van der Waals surface area contributed by atoms with Gasteiger partial charge in [-0.05, 0) is 38.5 Å². The van der Waals surface area contributed by atoms with Crippen LogP contribution in [0.4, 0.5) is 5.69 Å². The van der Waals surface area contributed by atoms with Crippen molar-refractivity contribution in [2.24, 2.45) is 5.73 Å². The minimum Gasteiger partial charge on any atom is -0.380 e. The van der Waals surface area contributed by atoms with E-state index < -0.39 is 0 Å². The number of hydrogen-bond acceptors (Lipinski definition) is 4. The van der Waals surface area contributed by atoms with Gasteiger partial charge >= 0.3 is 0 Å². The Bertz CT molecular complexity index is 525. The molecule has 0 aliphatic rings. The molecule has 0 aromatic heterocycles. The van der Waals surface area contributed by atoms with Crippen LogP contribution in [0, 0.1) is 6.92 Å². The first kappa shape index (κ1) is 18.1. The molecule has 0 heterocycles. The van der Waals surface area contributed by atoms with Crippen LogP contribution in [-0.4, -0.2) is 37.6 Å². The van der Waals surface area contributed by atoms with Gasteiger partial charge in [-0.2, -0.15) is 0 Å². The summed E-state index contributed by atoms with van der Waals surface area (Å²) in [5.41, 5.74) is 7.48. The van der Waals surface area contributed by atoms with Gasteiger partial charge in [0.05, 0.1) is 12.5 Å². The zero-order valence-electron chi connectivity index (χ0n) is 13.6. The number of amides is 2. The van der Waals surface area contributed by atoms with Gasteiger partial charge in [0.1, 0.15) is 0 Å². The third-order valence-electron chi connectivity index (χ3n) is 3.20. The fourth-order valence-corrected chi connectivity index (χ4v) is 1.97. The largest absolute Gasteiger partial charge is 0.380 e. The fraction of sp³-hybridized carbons (Fsp3) is 0.500. The summed E-state index contributed by atoms with van der Waals surface area (Å²) in [7, 11) is 1.52. The average Bonchev–Trinajstić information content (AvgIpc) is 2.45. The number of carbonyl (C=O) groups excluding carboxylic acids is 2. The molecule has 0 bridgehead atoms. The van der Waals surface area contributed by atoms with E-state index in [-0.39, 0.29) is 36.9 Å². The summed E-state index contributed by atoms with van der Waals surface area (Å²) < 4.78 is 5.08. The minimum atomic E-state index is -0.311. The van der Waals surface area contributed by atoms with Crippen LogP contribution in [0.2, 0.25) is 0 Å². The van der Waals surface area contributed by atoms with Crippen molar-refractivity contribution in [2.75, 3.05) is 19.0 Å². The molecule has 6 heteroatoms. The molecule has 4 N–H and O–H groups in total. The molecule has 0 fully saturated rings. The van der Waals surface area contributed by atoms with E-state index in [9.17, 15) is 9.59 Å². The standard InChI is InChI=1S/C16H25N3O3/c1-10(2)18-16(21)14-7-12(6-5-11(14)3)19-15(20)8-13(9-17)22-4/h5-7,10,13H,8-9,17H2,1-4H3,(H,18,21)(H,19,20). The van der Waals surface area contributed by atoms with Crippen molar-refractivity contribution >= 4 is 17.5 Å². The normalized spacial score (nSPS) is 12.1. The van der Waals surface area contributed by atoms with Gasteiger partial charge in [-0.1, -0.05) is 6.07 Å². The van der Waals surface area contributed by atoms with Gasteiger partial charge in [-0.3, -0.25) is 9.59 Å². The predicted octanol–water partition coefficient (Wildman–Crippen LogP) is 1.44. The minimum absolute atomic E-state index is 0.0529. The molecule has 0 aliphatic carbocycles. The molecule has 1 rings (SSSR count). The van der Waals surface area contributed by atoms with Crippen molar-refractivity contribution in [1.29, 1.82) is 0 Å². The van der Waals surface area contributed by atoms with Crippen molar-refractivity contribution in [3.8, 4) is 0 Å². The van der Waals surface area contributed by atoms with Crippen LogP contribution in [0.3, 0.4) is 0 Å². The van der Waals surface area contributed by atoms with E-state index in [0.29, 0.717) is 11.3 Å². The van der Waals surface area contributed by atoms with Crippen LogP contribution in [0.25, 0.3) is 0 Å². The summed E-state index contributed by atoms with van der Waals surface area (Å²) >= 11 is 0. The second-order valence-corrected chi connectivity index (χ2v) is 5.50. The van der Waals surface area contributed by atoms with E-state index in [0.717, 1.165) is 5.56 Å². The summed E-state index contributed by atoms with van der Waals surface area (Å²) in [6.07, 6.45) is -0.136. The van der Waals surface area contributed by atoms with E-state index in [2.05, 4.69) is 10.6 Å². The summed E-state index contributed by atoms with van der Waals surface area (Å²) in [4.78, 5) is 24.1. The molecule has 1 aromatic carbocycles. The lowest BCUT2D eigenvalue weighted by atomic mass is 10.1. The molecule has 1 atom stereocenters. The van der Waals surface area contributed by atoms with Gasteiger partial charge in [0.2, 0.25) is 5.91 Å². The number of aryl methyl sites for hydroxylation is 1. The van der Waals surface area contributed by atoms with Crippen molar-refractivity contribution < 1.29 is 14.3 Å². The van der Waals surface area contributed by atoms with Crippen LogP contribution < -0.4 is 16.4 Å². The van der Waals surface area contributed by atoms with Crippen molar-refractivity contribution in [3.63, 3.8) is 0 Å². The summed E-state index contributed by atoms with van der Waals surface area (Å²) in [6, 6.07) is 5.30. The van der Waals surface area contributed by atoms with E-state index in [1.54, 1.807) is 12.1 Å². The zero-order valence-corrected chi connectivity index (χ0v) is 13.6. The van der Waals surface area contributed by atoms with Crippen molar-refractivity contribution in [2.45, 2.75) is 39.3 Å². The monoisotopic (exact) mass is 307 g/mol. The highest BCUT2D eigenvalue weighted by atomic mass is 16.5. The van der Waals surface area contributed by atoms with Crippen LogP contribution in [0.5, 0.6) is 0 Å². The molecule has 0 saturated heterocycles. The molecular weight excluding hydrogens is 282 g/mol. The number of hydrogen-bond donors (Lipinski definition) is 3. The molecule has 0 saturated carbocycles. The van der Waals surface area contributed by atoms with Gasteiger partial charge in [0.25, 0.3) is 5.91 Å². The lowest BCUT2D eigenvalue weighted by Crippen LogP contribution is -2.31. The van der Waals surface area contributed by atoms with Crippen LogP contribution >= 0.6 is 0 Å². The van der Waals surface area contributed by atoms with Crippen LogP contribution in [0.1, 0.15) is 36.2 Å². The molecule has 1 aromatic rings. The van der Waals surface area contributed by atoms with E-state index in [1.165, 1.54) is 7.11 Å². The average molecular weight is 307 g/mol. The maximum Gasteiger partial charge on any atom is 0.251 e. The van der Waals surface area contributed by atoms with Gasteiger partial charge < -0.3 is 21.1 Å². The number of anilines is 1. The van der Waals surface area contributed by atoms with E-state index >= 15 is 0 Å². The molecule has 122 valence electrons. The Labute approximate surface area is 131 Å². The molecule has 22 heavy (non-hydrogen) atoms. The third-order valence-corrected chi connectivity index (χ3v) is 3.20. The highest BCUT2D eigenvalue weighted by Gasteiger charge is 2.14. The van der Waals surface area contributed by atoms with Gasteiger partial charge in [0.15, 0.2) is 0 Å². The Morgan fingerprint density at radius 1 is 1.32 bits per heavy atom. The number of carbonyl (C=O) groups is 2. The summed E-state index contributed by atoms with van der Waals surface area (Å²) in [6.45, 7) is 5.93. The number of rotatable bonds is 7. The van der Waals surface area contributed by atoms with Crippen molar-refractivity contribution in [1.82, 2.24) is 5.32 Å². The Morgan fingerprint density at radius 3 is 2.55 bits per heavy atom.